The minimum atomic E-state index is -0.295. The molecule has 2 aromatic carbocycles. The number of aromatic amines is 1. The summed E-state index contributed by atoms with van der Waals surface area (Å²) < 4.78 is 0. The standard InChI is InChI=1S/C18H17N3O/c22-18-20-16(15-7-3-4-10-19-17(15)21-18)14-9-8-12-5-1-2-6-13(12)11-14/h1-2,5-6,8-9,11H,3-4,7,10H2,(H2,19,20,21,22). The molecule has 2 N–H and O–H groups in total. The third-order valence-electron chi connectivity index (χ3n) is 4.22. The molecule has 4 heteroatoms. The van der Waals surface area contributed by atoms with Gasteiger partial charge < -0.3 is 10.3 Å². The first-order valence-corrected chi connectivity index (χ1v) is 7.67. The molecule has 0 bridgehead atoms. The average molecular weight is 291 g/mol. The second kappa shape index (κ2) is 5.30. The smallest absolute Gasteiger partial charge is 0.347 e. The van der Waals surface area contributed by atoms with Crippen LogP contribution in [0.1, 0.15) is 18.4 Å². The molecule has 1 aromatic heterocycles. The van der Waals surface area contributed by atoms with Gasteiger partial charge in [0.1, 0.15) is 5.82 Å². The molecule has 0 spiro atoms. The molecule has 0 saturated carbocycles. The number of H-pyrrole nitrogens is 1. The van der Waals surface area contributed by atoms with Crippen LogP contribution in [0.25, 0.3) is 22.0 Å². The number of benzene rings is 2. The molecular formula is C18H17N3O. The monoisotopic (exact) mass is 291 g/mol. The molecule has 2 heterocycles. The van der Waals surface area contributed by atoms with E-state index in [0.717, 1.165) is 48.4 Å². The van der Waals surface area contributed by atoms with Crippen molar-refractivity contribution < 1.29 is 0 Å². The maximum Gasteiger partial charge on any atom is 0.347 e. The number of anilines is 1. The van der Waals surface area contributed by atoms with Crippen molar-refractivity contribution in [2.45, 2.75) is 19.3 Å². The molecule has 1 aliphatic heterocycles. The Balaban J connectivity index is 1.93. The molecule has 3 aromatic rings. The average Bonchev–Trinajstić information content (AvgIpc) is 2.79. The number of nitrogens with one attached hydrogen (secondary N) is 2. The van der Waals surface area contributed by atoms with Crippen LogP contribution in [0.3, 0.4) is 0 Å². The lowest BCUT2D eigenvalue weighted by molar-refractivity contribution is 0.785. The highest BCUT2D eigenvalue weighted by Crippen LogP contribution is 2.30. The Hall–Kier alpha value is -2.62. The summed E-state index contributed by atoms with van der Waals surface area (Å²) in [4.78, 5) is 18.9. The number of rotatable bonds is 1. The van der Waals surface area contributed by atoms with Gasteiger partial charge in [-0.25, -0.2) is 4.79 Å². The van der Waals surface area contributed by atoms with Crippen molar-refractivity contribution in [2.75, 3.05) is 11.9 Å². The van der Waals surface area contributed by atoms with E-state index >= 15 is 0 Å². The fourth-order valence-corrected chi connectivity index (χ4v) is 3.11. The Morgan fingerprint density at radius 1 is 1.00 bits per heavy atom. The number of aromatic nitrogens is 2. The molecule has 22 heavy (non-hydrogen) atoms. The predicted octanol–water partition coefficient (Wildman–Crippen LogP) is 3.34. The fraction of sp³-hybridized carbons (Fsp3) is 0.222. The van der Waals surface area contributed by atoms with Crippen LogP contribution in [-0.2, 0) is 6.42 Å². The summed E-state index contributed by atoms with van der Waals surface area (Å²) in [5, 5.41) is 5.66. The number of hydrogen-bond donors (Lipinski definition) is 2. The summed E-state index contributed by atoms with van der Waals surface area (Å²) >= 11 is 0. The molecule has 0 unspecified atom stereocenters. The zero-order valence-electron chi connectivity index (χ0n) is 12.2. The van der Waals surface area contributed by atoms with E-state index < -0.39 is 0 Å². The number of hydrogen-bond acceptors (Lipinski definition) is 3. The fourth-order valence-electron chi connectivity index (χ4n) is 3.11. The first-order chi connectivity index (χ1) is 10.8. The number of fused-ring (bicyclic) bond motifs is 2. The molecule has 0 atom stereocenters. The lowest BCUT2D eigenvalue weighted by Crippen LogP contribution is -2.17. The molecule has 110 valence electrons. The molecule has 0 fully saturated rings. The predicted molar refractivity (Wildman–Crippen MR) is 89.2 cm³/mol. The normalized spacial score (nSPS) is 14.2. The van der Waals surface area contributed by atoms with Gasteiger partial charge in [0.15, 0.2) is 0 Å². The van der Waals surface area contributed by atoms with Crippen molar-refractivity contribution in [1.82, 2.24) is 9.97 Å². The maximum atomic E-state index is 11.9. The summed E-state index contributed by atoms with van der Waals surface area (Å²) in [5.41, 5.74) is 2.76. The second-order valence-corrected chi connectivity index (χ2v) is 5.69. The zero-order chi connectivity index (χ0) is 14.9. The highest BCUT2D eigenvalue weighted by atomic mass is 16.1. The SMILES string of the molecule is O=c1nc2c(c(-c3ccc4ccccc4c3)[nH]1)CCCCN2. The topological polar surface area (TPSA) is 57.8 Å². The molecule has 0 aliphatic carbocycles. The van der Waals surface area contributed by atoms with Crippen LogP contribution in [0.4, 0.5) is 5.82 Å². The van der Waals surface area contributed by atoms with Crippen LogP contribution in [0.5, 0.6) is 0 Å². The Kier molecular flexibility index (Phi) is 3.15. The van der Waals surface area contributed by atoms with Gasteiger partial charge in [-0.05, 0) is 41.7 Å². The lowest BCUT2D eigenvalue weighted by Gasteiger charge is -2.12. The lowest BCUT2D eigenvalue weighted by atomic mass is 10.00. The van der Waals surface area contributed by atoms with E-state index in [0.29, 0.717) is 0 Å². The van der Waals surface area contributed by atoms with Crippen LogP contribution < -0.4 is 11.0 Å². The first kappa shape index (κ1) is 13.1. The molecule has 4 nitrogen and oxygen atoms in total. The Morgan fingerprint density at radius 3 is 2.77 bits per heavy atom. The van der Waals surface area contributed by atoms with E-state index in [1.54, 1.807) is 0 Å². The second-order valence-electron chi connectivity index (χ2n) is 5.69. The molecule has 1 aliphatic rings. The van der Waals surface area contributed by atoms with Crippen molar-refractivity contribution in [3.8, 4) is 11.3 Å². The van der Waals surface area contributed by atoms with Crippen LogP contribution in [0, 0.1) is 0 Å². The summed E-state index contributed by atoms with van der Waals surface area (Å²) in [6.07, 6.45) is 3.14. The highest BCUT2D eigenvalue weighted by molar-refractivity contribution is 5.87. The van der Waals surface area contributed by atoms with E-state index in [9.17, 15) is 4.79 Å². The van der Waals surface area contributed by atoms with Crippen LogP contribution >= 0.6 is 0 Å². The van der Waals surface area contributed by atoms with Gasteiger partial charge in [0, 0.05) is 12.1 Å². The van der Waals surface area contributed by atoms with Crippen molar-refractivity contribution in [1.29, 1.82) is 0 Å². The summed E-state index contributed by atoms with van der Waals surface area (Å²) in [5.74, 6) is 0.740. The van der Waals surface area contributed by atoms with Gasteiger partial charge in [-0.3, -0.25) is 0 Å². The maximum absolute atomic E-state index is 11.9. The van der Waals surface area contributed by atoms with Gasteiger partial charge in [-0.1, -0.05) is 36.4 Å². The summed E-state index contributed by atoms with van der Waals surface area (Å²) in [6, 6.07) is 14.5. The first-order valence-electron chi connectivity index (χ1n) is 7.67. The van der Waals surface area contributed by atoms with Gasteiger partial charge >= 0.3 is 5.69 Å². The third-order valence-corrected chi connectivity index (χ3v) is 4.22. The highest BCUT2D eigenvalue weighted by Gasteiger charge is 2.16. The summed E-state index contributed by atoms with van der Waals surface area (Å²) in [7, 11) is 0. The Bertz CT molecular complexity index is 898. The van der Waals surface area contributed by atoms with E-state index in [1.165, 1.54) is 10.8 Å². The molecule has 0 saturated heterocycles. The Labute approximate surface area is 128 Å². The van der Waals surface area contributed by atoms with E-state index in [1.807, 2.05) is 12.1 Å². The zero-order valence-corrected chi connectivity index (χ0v) is 12.2. The van der Waals surface area contributed by atoms with Crippen molar-refractivity contribution >= 4 is 16.6 Å². The van der Waals surface area contributed by atoms with Gasteiger partial charge in [0.05, 0.1) is 5.69 Å². The largest absolute Gasteiger partial charge is 0.370 e. The molecular weight excluding hydrogens is 274 g/mol. The van der Waals surface area contributed by atoms with Crippen molar-refractivity contribution in [3.05, 3.63) is 58.5 Å². The van der Waals surface area contributed by atoms with E-state index in [4.69, 9.17) is 0 Å². The Morgan fingerprint density at radius 2 is 1.86 bits per heavy atom. The molecule has 0 amide bonds. The van der Waals surface area contributed by atoms with Gasteiger partial charge in [0.2, 0.25) is 0 Å². The van der Waals surface area contributed by atoms with E-state index in [-0.39, 0.29) is 5.69 Å². The minimum Gasteiger partial charge on any atom is -0.370 e. The van der Waals surface area contributed by atoms with Crippen LogP contribution in [-0.4, -0.2) is 16.5 Å². The van der Waals surface area contributed by atoms with Gasteiger partial charge in [-0.15, -0.1) is 0 Å². The third kappa shape index (κ3) is 2.26. The van der Waals surface area contributed by atoms with Crippen molar-refractivity contribution in [3.63, 3.8) is 0 Å². The quantitative estimate of drug-likeness (QED) is 0.723. The van der Waals surface area contributed by atoms with Gasteiger partial charge in [0.25, 0.3) is 0 Å². The van der Waals surface area contributed by atoms with Gasteiger partial charge in [-0.2, -0.15) is 4.98 Å². The van der Waals surface area contributed by atoms with Crippen LogP contribution in [0.15, 0.2) is 47.3 Å². The number of nitrogens with zero attached hydrogens (tertiary/aromatic N) is 1. The van der Waals surface area contributed by atoms with E-state index in [2.05, 4.69) is 45.6 Å². The van der Waals surface area contributed by atoms with Crippen molar-refractivity contribution in [2.24, 2.45) is 0 Å². The molecule has 0 radical (unpaired) electrons. The van der Waals surface area contributed by atoms with Crippen LogP contribution in [0.2, 0.25) is 0 Å². The minimum absolute atomic E-state index is 0.295. The summed E-state index contributed by atoms with van der Waals surface area (Å²) in [6.45, 7) is 0.876. The molecule has 4 rings (SSSR count).